The third-order valence-corrected chi connectivity index (χ3v) is 7.84. The lowest BCUT2D eigenvalue weighted by Crippen LogP contribution is -2.43. The molecule has 0 N–H and O–H groups in total. The van der Waals surface area contributed by atoms with E-state index in [0.29, 0.717) is 38.8 Å². The maximum Gasteiger partial charge on any atom is 0.266 e. The number of carbonyl (C=O) groups excluding carboxylic acids is 1. The van der Waals surface area contributed by atoms with Crippen molar-refractivity contribution in [2.75, 3.05) is 18.8 Å². The molecule has 2 heterocycles. The third kappa shape index (κ3) is 5.33. The highest BCUT2D eigenvalue weighted by Crippen LogP contribution is 2.27. The Morgan fingerprint density at radius 1 is 1.15 bits per heavy atom. The van der Waals surface area contributed by atoms with E-state index >= 15 is 0 Å². The summed E-state index contributed by atoms with van der Waals surface area (Å²) in [6.45, 7) is 10.3. The average Bonchev–Trinajstić information content (AvgIpc) is 2.81. The van der Waals surface area contributed by atoms with Crippen LogP contribution in [-0.2, 0) is 4.79 Å². The number of hydrogen-bond acceptors (Lipinski definition) is 4. The minimum absolute atomic E-state index is 0.0857. The highest BCUT2D eigenvalue weighted by molar-refractivity contribution is 7.99. The van der Waals surface area contributed by atoms with Crippen LogP contribution in [0.2, 0.25) is 5.02 Å². The van der Waals surface area contributed by atoms with E-state index in [1.807, 2.05) is 17.0 Å². The van der Waals surface area contributed by atoms with Crippen molar-refractivity contribution in [2.24, 2.45) is 11.8 Å². The second-order valence-electron chi connectivity index (χ2n) is 9.63. The van der Waals surface area contributed by atoms with Gasteiger partial charge < -0.3 is 4.90 Å². The van der Waals surface area contributed by atoms with E-state index in [4.69, 9.17) is 16.6 Å². The summed E-state index contributed by atoms with van der Waals surface area (Å²) in [6.07, 6.45) is 2.20. The molecule has 34 heavy (non-hydrogen) atoms. The highest BCUT2D eigenvalue weighted by atomic mass is 35.5. The molecule has 7 heteroatoms. The monoisotopic (exact) mass is 497 g/mol. The fourth-order valence-corrected chi connectivity index (χ4v) is 5.82. The highest BCUT2D eigenvalue weighted by Gasteiger charge is 2.26. The summed E-state index contributed by atoms with van der Waals surface area (Å²) in [5.74, 6) is 1.77. The quantitative estimate of drug-likeness (QED) is 0.303. The molecule has 4 rings (SSSR count). The zero-order chi connectivity index (χ0) is 24.4. The number of carbonyl (C=O) groups is 1. The van der Waals surface area contributed by atoms with Gasteiger partial charge in [0.05, 0.1) is 22.3 Å². The standard InChI is InChI=1S/C27H32ClN3O2S/c1-5-19(4)20-6-9-22(10-7-20)31-26(33)23-11-8-21(28)13-24(23)29-27(31)34-16-25(32)30-14-17(2)12-18(3)15-30/h6-11,13,17-19H,5,12,14-16H2,1-4H3. The molecule has 1 fully saturated rings. The Bertz CT molecular complexity index is 1230. The van der Waals surface area contributed by atoms with Crippen molar-refractivity contribution in [3.8, 4) is 5.69 Å². The SMILES string of the molecule is CCC(C)c1ccc(-n2c(SCC(=O)N3CC(C)CC(C)C3)nc3cc(Cl)ccc3c2=O)cc1. The Morgan fingerprint density at radius 3 is 2.47 bits per heavy atom. The summed E-state index contributed by atoms with van der Waals surface area (Å²) in [5, 5.41) is 1.53. The van der Waals surface area contributed by atoms with Gasteiger partial charge in [-0.15, -0.1) is 0 Å². The number of thioether (sulfide) groups is 1. The van der Waals surface area contributed by atoms with Crippen LogP contribution in [0.15, 0.2) is 52.4 Å². The summed E-state index contributed by atoms with van der Waals surface area (Å²) in [4.78, 5) is 33.3. The second kappa shape index (κ2) is 10.5. The first kappa shape index (κ1) is 24.8. The Labute approximate surface area is 210 Å². The summed E-state index contributed by atoms with van der Waals surface area (Å²) >= 11 is 7.49. The molecule has 0 radical (unpaired) electrons. The molecule has 0 saturated carbocycles. The molecule has 1 aromatic heterocycles. The molecule has 3 aromatic rings. The normalized spacial score (nSPS) is 19.4. The molecular formula is C27H32ClN3O2S. The van der Waals surface area contributed by atoms with Gasteiger partial charge in [-0.3, -0.25) is 14.2 Å². The predicted molar refractivity (Wildman–Crippen MR) is 141 cm³/mol. The van der Waals surface area contributed by atoms with E-state index in [1.165, 1.54) is 17.3 Å². The van der Waals surface area contributed by atoms with Crippen LogP contribution in [0, 0.1) is 11.8 Å². The fourth-order valence-electron chi connectivity index (χ4n) is 4.73. The fraction of sp³-hybridized carbons (Fsp3) is 0.444. The van der Waals surface area contributed by atoms with Crippen molar-refractivity contribution in [1.29, 1.82) is 0 Å². The number of fused-ring (bicyclic) bond motifs is 1. The number of benzene rings is 2. The van der Waals surface area contributed by atoms with Gasteiger partial charge in [0.2, 0.25) is 5.91 Å². The van der Waals surface area contributed by atoms with Crippen LogP contribution in [-0.4, -0.2) is 39.2 Å². The largest absolute Gasteiger partial charge is 0.341 e. The number of likely N-dealkylation sites (tertiary alicyclic amines) is 1. The number of aromatic nitrogens is 2. The summed E-state index contributed by atoms with van der Waals surface area (Å²) in [6, 6.07) is 13.2. The minimum Gasteiger partial charge on any atom is -0.341 e. The predicted octanol–water partition coefficient (Wildman–Crippen LogP) is 6.15. The van der Waals surface area contributed by atoms with E-state index in [0.717, 1.165) is 31.6 Å². The van der Waals surface area contributed by atoms with E-state index in [-0.39, 0.29) is 17.2 Å². The van der Waals surface area contributed by atoms with E-state index in [2.05, 4.69) is 39.8 Å². The van der Waals surface area contributed by atoms with Gasteiger partial charge in [0.1, 0.15) is 0 Å². The van der Waals surface area contributed by atoms with E-state index in [9.17, 15) is 9.59 Å². The van der Waals surface area contributed by atoms with Gasteiger partial charge in [0, 0.05) is 18.1 Å². The second-order valence-corrected chi connectivity index (χ2v) is 11.0. The molecule has 3 unspecified atom stereocenters. The third-order valence-electron chi connectivity index (χ3n) is 6.68. The van der Waals surface area contributed by atoms with Gasteiger partial charge in [-0.1, -0.05) is 63.2 Å². The molecule has 1 amide bonds. The van der Waals surface area contributed by atoms with Crippen molar-refractivity contribution < 1.29 is 4.79 Å². The van der Waals surface area contributed by atoms with Crippen LogP contribution in [0.5, 0.6) is 0 Å². The van der Waals surface area contributed by atoms with Gasteiger partial charge in [-0.05, 0) is 66.5 Å². The number of hydrogen-bond donors (Lipinski definition) is 0. The number of amides is 1. The number of halogens is 1. The van der Waals surface area contributed by atoms with Crippen LogP contribution in [0.3, 0.4) is 0 Å². The maximum atomic E-state index is 13.5. The van der Waals surface area contributed by atoms with Crippen LogP contribution in [0.1, 0.15) is 52.0 Å². The lowest BCUT2D eigenvalue weighted by molar-refractivity contribution is -0.130. The van der Waals surface area contributed by atoms with Crippen LogP contribution < -0.4 is 5.56 Å². The van der Waals surface area contributed by atoms with Crippen molar-refractivity contribution in [2.45, 2.75) is 51.6 Å². The summed E-state index contributed by atoms with van der Waals surface area (Å²) < 4.78 is 1.62. The van der Waals surface area contributed by atoms with Crippen LogP contribution in [0.25, 0.3) is 16.6 Å². The number of piperidine rings is 1. The lowest BCUT2D eigenvalue weighted by Gasteiger charge is -2.35. The zero-order valence-electron chi connectivity index (χ0n) is 20.3. The van der Waals surface area contributed by atoms with Gasteiger partial charge in [0.15, 0.2) is 5.16 Å². The molecule has 3 atom stereocenters. The zero-order valence-corrected chi connectivity index (χ0v) is 21.8. The summed E-state index contributed by atoms with van der Waals surface area (Å²) in [5.41, 5.74) is 2.36. The molecule has 1 aliphatic heterocycles. The molecule has 0 bridgehead atoms. The summed E-state index contributed by atoms with van der Waals surface area (Å²) in [7, 11) is 0. The van der Waals surface area contributed by atoms with Gasteiger partial charge in [-0.25, -0.2) is 4.98 Å². The van der Waals surface area contributed by atoms with E-state index < -0.39 is 0 Å². The Kier molecular flexibility index (Phi) is 7.68. The number of nitrogens with zero attached hydrogens (tertiary/aromatic N) is 3. The molecular weight excluding hydrogens is 466 g/mol. The number of rotatable bonds is 6. The lowest BCUT2D eigenvalue weighted by atomic mass is 9.92. The van der Waals surface area contributed by atoms with Crippen molar-refractivity contribution >= 4 is 40.2 Å². The molecule has 1 saturated heterocycles. The van der Waals surface area contributed by atoms with Crippen LogP contribution in [0.4, 0.5) is 0 Å². The first-order valence-corrected chi connectivity index (χ1v) is 13.4. The topological polar surface area (TPSA) is 55.2 Å². The molecule has 2 aromatic carbocycles. The first-order chi connectivity index (χ1) is 16.3. The molecule has 180 valence electrons. The Hall–Kier alpha value is -2.31. The van der Waals surface area contributed by atoms with Crippen molar-refractivity contribution in [3.63, 3.8) is 0 Å². The van der Waals surface area contributed by atoms with Crippen LogP contribution >= 0.6 is 23.4 Å². The van der Waals surface area contributed by atoms with Crippen molar-refractivity contribution in [1.82, 2.24) is 14.5 Å². The van der Waals surface area contributed by atoms with Crippen molar-refractivity contribution in [3.05, 3.63) is 63.4 Å². The van der Waals surface area contributed by atoms with E-state index in [1.54, 1.807) is 22.8 Å². The molecule has 5 nitrogen and oxygen atoms in total. The minimum atomic E-state index is -0.159. The maximum absolute atomic E-state index is 13.5. The first-order valence-electron chi connectivity index (χ1n) is 12.0. The Balaban J connectivity index is 1.69. The van der Waals surface area contributed by atoms with Gasteiger partial charge >= 0.3 is 0 Å². The molecule has 1 aliphatic rings. The van der Waals surface area contributed by atoms with Gasteiger partial charge in [-0.2, -0.15) is 0 Å². The average molecular weight is 498 g/mol. The Morgan fingerprint density at radius 2 is 1.82 bits per heavy atom. The molecule has 0 aliphatic carbocycles. The smallest absolute Gasteiger partial charge is 0.266 e. The van der Waals surface area contributed by atoms with Gasteiger partial charge in [0.25, 0.3) is 5.56 Å². The molecule has 0 spiro atoms.